The van der Waals surface area contributed by atoms with E-state index in [2.05, 4.69) is 0 Å². The molecule has 0 aliphatic heterocycles. The molecule has 0 saturated carbocycles. The number of hydrogen-bond acceptors (Lipinski definition) is 4. The third-order valence-corrected chi connectivity index (χ3v) is 2.47. The van der Waals surface area contributed by atoms with E-state index in [4.69, 9.17) is 9.47 Å². The summed E-state index contributed by atoms with van der Waals surface area (Å²) in [5, 5.41) is 10.2. The molecule has 0 aliphatic carbocycles. The molecule has 0 radical (unpaired) electrons. The van der Waals surface area contributed by atoms with Crippen LogP contribution in [0.15, 0.2) is 24.3 Å². The van der Waals surface area contributed by atoms with Gasteiger partial charge < -0.3 is 19.4 Å². The number of ether oxygens (including phenoxy) is 2. The van der Waals surface area contributed by atoms with Crippen molar-refractivity contribution >= 4 is 12.0 Å². The van der Waals surface area contributed by atoms with Crippen LogP contribution in [0.25, 0.3) is 6.08 Å². The van der Waals surface area contributed by atoms with E-state index in [1.54, 1.807) is 14.2 Å². The first kappa shape index (κ1) is 14.1. The minimum Gasteiger partial charge on any atom is -0.550 e. The Bertz CT molecular complexity index is 424. The molecule has 1 rings (SSSR count). The van der Waals surface area contributed by atoms with Gasteiger partial charge in [0.05, 0.1) is 14.2 Å². The second-order valence-electron chi connectivity index (χ2n) is 3.78. The maximum absolute atomic E-state index is 10.2. The quantitative estimate of drug-likeness (QED) is 0.689. The van der Waals surface area contributed by atoms with E-state index in [1.807, 2.05) is 30.4 Å². The van der Waals surface area contributed by atoms with Crippen LogP contribution >= 0.6 is 0 Å². The lowest BCUT2D eigenvalue weighted by Gasteiger charge is -2.07. The minimum atomic E-state index is -1.01. The van der Waals surface area contributed by atoms with Crippen molar-refractivity contribution in [2.24, 2.45) is 0 Å². The van der Waals surface area contributed by atoms with Crippen LogP contribution in [0.5, 0.6) is 11.5 Å². The molecule has 18 heavy (non-hydrogen) atoms. The molecule has 1 aromatic carbocycles. The fourth-order valence-corrected chi connectivity index (χ4v) is 1.54. The van der Waals surface area contributed by atoms with Crippen LogP contribution in [0, 0.1) is 0 Å². The highest BCUT2D eigenvalue weighted by Crippen LogP contribution is 2.27. The molecule has 0 heterocycles. The van der Waals surface area contributed by atoms with Gasteiger partial charge in [-0.3, -0.25) is 0 Å². The SMILES string of the molecule is COc1ccc(/C=C/CCCC(=O)[O-])cc1OC. The molecular formula is C14H17O4-. The second kappa shape index (κ2) is 7.37. The van der Waals surface area contributed by atoms with Crippen molar-refractivity contribution in [2.75, 3.05) is 14.2 Å². The average Bonchev–Trinajstić information content (AvgIpc) is 2.37. The molecule has 4 heteroatoms. The summed E-state index contributed by atoms with van der Waals surface area (Å²) in [7, 11) is 3.18. The number of methoxy groups -OCH3 is 2. The van der Waals surface area contributed by atoms with E-state index < -0.39 is 5.97 Å². The standard InChI is InChI=1S/C14H18O4/c1-17-12-9-8-11(10-13(12)18-2)6-4-3-5-7-14(15)16/h4,6,8-10H,3,5,7H2,1-2H3,(H,15,16)/p-1/b6-4+. The number of carbonyl (C=O) groups is 1. The summed E-state index contributed by atoms with van der Waals surface area (Å²) < 4.78 is 10.3. The van der Waals surface area contributed by atoms with Gasteiger partial charge >= 0.3 is 0 Å². The van der Waals surface area contributed by atoms with Gasteiger partial charge in [-0.15, -0.1) is 0 Å². The zero-order chi connectivity index (χ0) is 13.4. The van der Waals surface area contributed by atoms with E-state index in [-0.39, 0.29) is 6.42 Å². The van der Waals surface area contributed by atoms with Gasteiger partial charge in [-0.25, -0.2) is 0 Å². The molecule has 0 saturated heterocycles. The maximum Gasteiger partial charge on any atom is 0.161 e. The lowest BCUT2D eigenvalue weighted by Crippen LogP contribution is -2.21. The Hall–Kier alpha value is -1.97. The van der Waals surface area contributed by atoms with Crippen LogP contribution in [0.4, 0.5) is 0 Å². The largest absolute Gasteiger partial charge is 0.550 e. The van der Waals surface area contributed by atoms with Crippen LogP contribution in [0.3, 0.4) is 0 Å². The molecule has 0 aliphatic rings. The fourth-order valence-electron chi connectivity index (χ4n) is 1.54. The van der Waals surface area contributed by atoms with Crippen molar-refractivity contribution in [1.82, 2.24) is 0 Å². The molecule has 0 bridgehead atoms. The molecule has 1 aromatic rings. The second-order valence-corrected chi connectivity index (χ2v) is 3.78. The predicted octanol–water partition coefficient (Wildman–Crippen LogP) is 1.64. The Kier molecular flexibility index (Phi) is 5.77. The van der Waals surface area contributed by atoms with Crippen LogP contribution in [0.2, 0.25) is 0 Å². The summed E-state index contributed by atoms with van der Waals surface area (Å²) in [4.78, 5) is 10.2. The highest BCUT2D eigenvalue weighted by atomic mass is 16.5. The first-order valence-corrected chi connectivity index (χ1v) is 5.75. The highest BCUT2D eigenvalue weighted by Gasteiger charge is 2.02. The minimum absolute atomic E-state index is 0.0935. The first-order chi connectivity index (χ1) is 8.67. The fraction of sp³-hybridized carbons (Fsp3) is 0.357. The summed E-state index contributed by atoms with van der Waals surface area (Å²) >= 11 is 0. The van der Waals surface area contributed by atoms with Gasteiger partial charge in [0.1, 0.15) is 0 Å². The highest BCUT2D eigenvalue weighted by molar-refractivity contribution is 5.64. The lowest BCUT2D eigenvalue weighted by atomic mass is 10.1. The number of rotatable bonds is 7. The van der Waals surface area contributed by atoms with Crippen LogP contribution in [-0.2, 0) is 4.79 Å². The number of carboxylic acid groups (broad SMARTS) is 1. The van der Waals surface area contributed by atoms with Crippen LogP contribution < -0.4 is 14.6 Å². The Morgan fingerprint density at radius 3 is 2.61 bits per heavy atom. The molecule has 0 aromatic heterocycles. The van der Waals surface area contributed by atoms with Gasteiger partial charge in [-0.05, 0) is 37.0 Å². The molecule has 0 fully saturated rings. The predicted molar refractivity (Wildman–Crippen MR) is 67.4 cm³/mol. The van der Waals surface area contributed by atoms with Crippen LogP contribution in [0.1, 0.15) is 24.8 Å². The van der Waals surface area contributed by atoms with Gasteiger partial charge in [0.25, 0.3) is 0 Å². The van der Waals surface area contributed by atoms with E-state index >= 15 is 0 Å². The van der Waals surface area contributed by atoms with Crippen molar-refractivity contribution in [3.63, 3.8) is 0 Å². The number of aliphatic carboxylic acids is 1. The van der Waals surface area contributed by atoms with Gasteiger partial charge in [0.2, 0.25) is 0 Å². The van der Waals surface area contributed by atoms with Crippen molar-refractivity contribution in [3.05, 3.63) is 29.8 Å². The first-order valence-electron chi connectivity index (χ1n) is 5.75. The summed E-state index contributed by atoms with van der Waals surface area (Å²) in [6.07, 6.45) is 5.26. The summed E-state index contributed by atoms with van der Waals surface area (Å²) in [6.45, 7) is 0. The number of carbonyl (C=O) groups excluding carboxylic acids is 1. The molecule has 0 unspecified atom stereocenters. The summed E-state index contributed by atoms with van der Waals surface area (Å²) in [6, 6.07) is 5.62. The third-order valence-electron chi connectivity index (χ3n) is 2.47. The lowest BCUT2D eigenvalue weighted by molar-refractivity contribution is -0.305. The van der Waals surface area contributed by atoms with Gasteiger partial charge in [0, 0.05) is 5.97 Å². The maximum atomic E-state index is 10.2. The van der Waals surface area contributed by atoms with Crippen molar-refractivity contribution in [3.8, 4) is 11.5 Å². The summed E-state index contributed by atoms with van der Waals surface area (Å²) in [5.74, 6) is 0.357. The molecule has 98 valence electrons. The van der Waals surface area contributed by atoms with Gasteiger partial charge in [-0.1, -0.05) is 18.2 Å². The van der Waals surface area contributed by atoms with Crippen molar-refractivity contribution < 1.29 is 19.4 Å². The topological polar surface area (TPSA) is 58.6 Å². The number of benzene rings is 1. The molecular weight excluding hydrogens is 232 g/mol. The Morgan fingerprint density at radius 1 is 1.28 bits per heavy atom. The third kappa shape index (κ3) is 4.49. The Balaban J connectivity index is 2.56. The number of carboxylic acids is 1. The van der Waals surface area contributed by atoms with Gasteiger partial charge in [0.15, 0.2) is 11.5 Å². The molecule has 0 N–H and O–H groups in total. The Morgan fingerprint density at radius 2 is 2.00 bits per heavy atom. The average molecular weight is 249 g/mol. The Labute approximate surface area is 107 Å². The van der Waals surface area contributed by atoms with E-state index in [1.165, 1.54) is 0 Å². The monoisotopic (exact) mass is 249 g/mol. The molecule has 0 spiro atoms. The van der Waals surface area contributed by atoms with E-state index in [0.717, 1.165) is 5.56 Å². The van der Waals surface area contributed by atoms with Crippen molar-refractivity contribution in [2.45, 2.75) is 19.3 Å². The molecule has 0 atom stereocenters. The summed E-state index contributed by atoms with van der Waals surface area (Å²) in [5.41, 5.74) is 0.987. The van der Waals surface area contributed by atoms with E-state index in [9.17, 15) is 9.90 Å². The number of allylic oxidation sites excluding steroid dienone is 1. The molecule has 0 amide bonds. The number of unbranched alkanes of at least 4 members (excludes halogenated alkanes) is 1. The molecule has 4 nitrogen and oxygen atoms in total. The smallest absolute Gasteiger partial charge is 0.161 e. The van der Waals surface area contributed by atoms with Crippen molar-refractivity contribution in [1.29, 1.82) is 0 Å². The zero-order valence-corrected chi connectivity index (χ0v) is 10.6. The zero-order valence-electron chi connectivity index (χ0n) is 10.6. The van der Waals surface area contributed by atoms with E-state index in [0.29, 0.717) is 24.3 Å². The number of hydrogen-bond donors (Lipinski definition) is 0. The van der Waals surface area contributed by atoms with Crippen LogP contribution in [-0.4, -0.2) is 20.2 Å². The van der Waals surface area contributed by atoms with Gasteiger partial charge in [-0.2, -0.15) is 0 Å². The normalized spacial score (nSPS) is 10.6.